The first-order valence-corrected chi connectivity index (χ1v) is 12.6. The van der Waals surface area contributed by atoms with E-state index in [9.17, 15) is 4.79 Å². The minimum Gasteiger partial charge on any atom is -0.444 e. The fourth-order valence-electron chi connectivity index (χ4n) is 4.90. The second-order valence-corrected chi connectivity index (χ2v) is 10.7. The largest absolute Gasteiger partial charge is 0.444 e. The van der Waals surface area contributed by atoms with Crippen molar-refractivity contribution in [2.24, 2.45) is 7.05 Å². The van der Waals surface area contributed by atoms with Crippen molar-refractivity contribution in [3.8, 4) is 11.8 Å². The maximum atomic E-state index is 13.0. The summed E-state index contributed by atoms with van der Waals surface area (Å²) in [6, 6.07) is 7.83. The summed E-state index contributed by atoms with van der Waals surface area (Å²) in [5.41, 5.74) is 3.95. The van der Waals surface area contributed by atoms with Gasteiger partial charge in [-0.3, -0.25) is 0 Å². The molecule has 0 aliphatic carbocycles. The van der Waals surface area contributed by atoms with Crippen LogP contribution in [0.5, 0.6) is 0 Å². The van der Waals surface area contributed by atoms with Crippen molar-refractivity contribution in [1.82, 2.24) is 24.0 Å². The smallest absolute Gasteiger partial charge is 0.410 e. The van der Waals surface area contributed by atoms with Crippen molar-refractivity contribution in [2.45, 2.75) is 44.9 Å². The Bertz CT molecular complexity index is 1540. The molecule has 0 bridgehead atoms. The zero-order valence-electron chi connectivity index (χ0n) is 21.7. The summed E-state index contributed by atoms with van der Waals surface area (Å²) in [4.78, 5) is 23.5. The Labute approximate surface area is 221 Å². The van der Waals surface area contributed by atoms with E-state index in [0.717, 1.165) is 39.5 Å². The number of benzene rings is 1. The van der Waals surface area contributed by atoms with Crippen LogP contribution in [0.2, 0.25) is 5.15 Å². The molecule has 1 aliphatic rings. The number of carbonyl (C=O) groups is 1. The summed E-state index contributed by atoms with van der Waals surface area (Å²) in [5.74, 6) is 6.57. The van der Waals surface area contributed by atoms with E-state index in [1.807, 2.05) is 62.8 Å². The number of hydrogen-bond donors (Lipinski definition) is 0. The van der Waals surface area contributed by atoms with E-state index < -0.39 is 5.60 Å². The van der Waals surface area contributed by atoms with Gasteiger partial charge in [0.15, 0.2) is 0 Å². The van der Waals surface area contributed by atoms with Gasteiger partial charge in [-0.15, -0.1) is 0 Å². The van der Waals surface area contributed by atoms with Crippen LogP contribution in [0.25, 0.3) is 21.9 Å². The van der Waals surface area contributed by atoms with Gasteiger partial charge in [0.05, 0.1) is 52.5 Å². The number of methoxy groups -OCH3 is 1. The number of nitrogens with zero attached hydrogens (tertiary/aromatic N) is 5. The lowest BCUT2D eigenvalue weighted by Crippen LogP contribution is -2.41. The van der Waals surface area contributed by atoms with E-state index in [-0.39, 0.29) is 18.2 Å². The van der Waals surface area contributed by atoms with Crippen LogP contribution >= 0.6 is 11.6 Å². The number of imidazole rings is 1. The van der Waals surface area contributed by atoms with Crippen molar-refractivity contribution >= 4 is 39.6 Å². The van der Waals surface area contributed by atoms with Gasteiger partial charge >= 0.3 is 6.09 Å². The average Bonchev–Trinajstić information content (AvgIpc) is 3.53. The summed E-state index contributed by atoms with van der Waals surface area (Å²) in [6.07, 6.45) is 5.89. The summed E-state index contributed by atoms with van der Waals surface area (Å²) in [6.45, 7) is 6.54. The number of ether oxygens (including phenoxy) is 2. The number of hydrogen-bond acceptors (Lipinski definition) is 5. The molecule has 37 heavy (non-hydrogen) atoms. The highest BCUT2D eigenvalue weighted by Gasteiger charge is 2.39. The fourth-order valence-corrected chi connectivity index (χ4v) is 5.16. The highest BCUT2D eigenvalue weighted by Crippen LogP contribution is 2.35. The molecule has 5 rings (SSSR count). The standard InChI is InChI=1S/C28H30ClN5O3/c1-28(2,3)37-27(35)34-15-20(13-21(34)16-36-5)33-14-19(25-24(33)10-11-30-26(25)29)8-6-18-7-9-23-22(12-18)31-17-32(23)4/h7,9-12,14,17,20-21H,13,15-16H2,1-5H3/t20-,21+/m0/s1. The van der Waals surface area contributed by atoms with E-state index in [4.69, 9.17) is 21.1 Å². The maximum Gasteiger partial charge on any atom is 0.410 e. The molecule has 3 aromatic heterocycles. The Morgan fingerprint density at radius 3 is 2.76 bits per heavy atom. The zero-order valence-corrected chi connectivity index (χ0v) is 22.4. The van der Waals surface area contributed by atoms with Gasteiger partial charge in [0.25, 0.3) is 0 Å². The number of aryl methyl sites for hydroxylation is 1. The number of amides is 1. The Morgan fingerprint density at radius 1 is 1.19 bits per heavy atom. The van der Waals surface area contributed by atoms with Gasteiger partial charge in [-0.2, -0.15) is 0 Å². The first-order chi connectivity index (χ1) is 17.6. The predicted octanol–water partition coefficient (Wildman–Crippen LogP) is 5.17. The van der Waals surface area contributed by atoms with Crippen molar-refractivity contribution in [1.29, 1.82) is 0 Å². The molecule has 0 spiro atoms. The van der Waals surface area contributed by atoms with Crippen LogP contribution in [0.1, 0.15) is 44.4 Å². The van der Waals surface area contributed by atoms with Crippen LogP contribution in [0.4, 0.5) is 4.79 Å². The van der Waals surface area contributed by atoms with Crippen LogP contribution in [-0.2, 0) is 16.5 Å². The number of fused-ring (bicyclic) bond motifs is 2. The number of carbonyl (C=O) groups excluding carboxylic acids is 1. The SMILES string of the molecule is COC[C@H]1C[C@H](n2cc(C#Cc3ccc4c(c3)ncn4C)c3c(Cl)nccc32)CN1C(=O)OC(C)(C)C. The molecular formula is C28H30ClN5O3. The second kappa shape index (κ2) is 9.73. The molecule has 1 fully saturated rings. The highest BCUT2D eigenvalue weighted by molar-refractivity contribution is 6.34. The first kappa shape index (κ1) is 25.1. The van der Waals surface area contributed by atoms with Crippen LogP contribution in [0.15, 0.2) is 43.0 Å². The molecule has 1 aromatic carbocycles. The Balaban J connectivity index is 1.50. The molecule has 0 saturated carbocycles. The minimum absolute atomic E-state index is 0.00838. The van der Waals surface area contributed by atoms with Crippen LogP contribution < -0.4 is 0 Å². The van der Waals surface area contributed by atoms with Gasteiger partial charge < -0.3 is 23.5 Å². The quantitative estimate of drug-likeness (QED) is 0.275. The topological polar surface area (TPSA) is 74.4 Å². The van der Waals surface area contributed by atoms with Crippen LogP contribution in [0, 0.1) is 11.8 Å². The molecule has 192 valence electrons. The van der Waals surface area contributed by atoms with Crippen LogP contribution in [0.3, 0.4) is 0 Å². The van der Waals surface area contributed by atoms with Crippen molar-refractivity contribution < 1.29 is 14.3 Å². The maximum absolute atomic E-state index is 13.0. The second-order valence-electron chi connectivity index (χ2n) is 10.4. The third-order valence-electron chi connectivity index (χ3n) is 6.54. The molecule has 8 nitrogen and oxygen atoms in total. The Hall–Kier alpha value is -3.54. The van der Waals surface area contributed by atoms with E-state index in [1.165, 1.54) is 0 Å². The zero-order chi connectivity index (χ0) is 26.3. The summed E-state index contributed by atoms with van der Waals surface area (Å²) < 4.78 is 15.2. The monoisotopic (exact) mass is 519 g/mol. The fraction of sp³-hybridized carbons (Fsp3) is 0.393. The molecule has 1 aliphatic heterocycles. The summed E-state index contributed by atoms with van der Waals surface area (Å²) in [5, 5.41) is 1.20. The normalized spacial score (nSPS) is 17.8. The lowest BCUT2D eigenvalue weighted by molar-refractivity contribution is 0.0146. The van der Waals surface area contributed by atoms with Crippen LogP contribution in [-0.4, -0.2) is 62.0 Å². The average molecular weight is 520 g/mol. The van der Waals surface area contributed by atoms with Gasteiger partial charge in [-0.05, 0) is 51.5 Å². The lowest BCUT2D eigenvalue weighted by atomic mass is 10.1. The Kier molecular flexibility index (Phi) is 6.61. The molecule has 9 heteroatoms. The van der Waals surface area contributed by atoms with Gasteiger partial charge in [-0.25, -0.2) is 14.8 Å². The van der Waals surface area contributed by atoms with Gasteiger partial charge in [0.1, 0.15) is 10.8 Å². The van der Waals surface area contributed by atoms with Crippen molar-refractivity contribution in [3.05, 3.63) is 59.3 Å². The molecule has 4 aromatic rings. The van der Waals surface area contributed by atoms with E-state index in [1.54, 1.807) is 24.5 Å². The van der Waals surface area contributed by atoms with Crippen molar-refractivity contribution in [2.75, 3.05) is 20.3 Å². The van der Waals surface area contributed by atoms with E-state index >= 15 is 0 Å². The third kappa shape index (κ3) is 5.02. The van der Waals surface area contributed by atoms with Gasteiger partial charge in [0.2, 0.25) is 0 Å². The molecule has 0 N–H and O–H groups in total. The van der Waals surface area contributed by atoms with E-state index in [0.29, 0.717) is 18.3 Å². The molecule has 0 radical (unpaired) electrons. The first-order valence-electron chi connectivity index (χ1n) is 12.2. The van der Waals surface area contributed by atoms with Gasteiger partial charge in [0, 0.05) is 38.7 Å². The summed E-state index contributed by atoms with van der Waals surface area (Å²) >= 11 is 6.57. The molecule has 4 heterocycles. The van der Waals surface area contributed by atoms with Crippen molar-refractivity contribution in [3.63, 3.8) is 0 Å². The highest BCUT2D eigenvalue weighted by atomic mass is 35.5. The van der Waals surface area contributed by atoms with Gasteiger partial charge in [-0.1, -0.05) is 23.4 Å². The number of rotatable bonds is 3. The van der Waals surface area contributed by atoms with E-state index in [2.05, 4.69) is 26.4 Å². The predicted molar refractivity (Wildman–Crippen MR) is 144 cm³/mol. The Morgan fingerprint density at radius 2 is 2.00 bits per heavy atom. The number of pyridine rings is 1. The molecule has 1 amide bonds. The molecular weight excluding hydrogens is 490 g/mol. The molecule has 1 saturated heterocycles. The number of halogens is 1. The number of likely N-dealkylation sites (tertiary alicyclic amines) is 1. The molecule has 0 unspecified atom stereocenters. The number of aromatic nitrogens is 4. The summed E-state index contributed by atoms with van der Waals surface area (Å²) in [7, 11) is 3.61. The molecule has 2 atom stereocenters. The third-order valence-corrected chi connectivity index (χ3v) is 6.82. The lowest BCUT2D eigenvalue weighted by Gasteiger charge is -2.28. The minimum atomic E-state index is -0.576.